The second kappa shape index (κ2) is 8.01. The molecular weight excluding hydrogens is 168 g/mol. The Bertz CT molecular complexity index is 140. The number of amides is 1. The molecule has 0 rings (SSSR count). The normalized spacial score (nSPS) is 12.5. The fourth-order valence-corrected chi connectivity index (χ4v) is 0.904. The van der Waals surface area contributed by atoms with Crippen molar-refractivity contribution in [1.29, 1.82) is 0 Å². The summed E-state index contributed by atoms with van der Waals surface area (Å²) in [5, 5.41) is 5.92. The Morgan fingerprint density at radius 2 is 2.23 bits per heavy atom. The van der Waals surface area contributed by atoms with Gasteiger partial charge < -0.3 is 15.4 Å². The number of nitrogens with one attached hydrogen (secondary N) is 2. The van der Waals surface area contributed by atoms with Crippen LogP contribution in [0, 0.1) is 5.92 Å². The van der Waals surface area contributed by atoms with Crippen LogP contribution in [-0.4, -0.2) is 39.3 Å². The highest BCUT2D eigenvalue weighted by Gasteiger charge is 2.10. The molecule has 0 spiro atoms. The van der Waals surface area contributed by atoms with Gasteiger partial charge in [0.1, 0.15) is 0 Å². The number of rotatable bonds is 7. The maximum absolute atomic E-state index is 11.3. The first-order valence-electron chi connectivity index (χ1n) is 4.69. The Morgan fingerprint density at radius 3 is 2.77 bits per heavy atom. The molecule has 0 fully saturated rings. The monoisotopic (exact) mass is 188 g/mol. The summed E-state index contributed by atoms with van der Waals surface area (Å²) < 4.78 is 4.82. The molecule has 0 saturated carbocycles. The second-order valence-electron chi connectivity index (χ2n) is 2.99. The summed E-state index contributed by atoms with van der Waals surface area (Å²) >= 11 is 0. The Morgan fingerprint density at radius 1 is 1.54 bits per heavy atom. The van der Waals surface area contributed by atoms with Crippen molar-refractivity contribution in [3.8, 4) is 0 Å². The van der Waals surface area contributed by atoms with Crippen LogP contribution in [-0.2, 0) is 9.53 Å². The van der Waals surface area contributed by atoms with Crippen molar-refractivity contribution in [2.75, 3.05) is 33.4 Å². The van der Waals surface area contributed by atoms with Gasteiger partial charge in [-0.25, -0.2) is 0 Å². The van der Waals surface area contributed by atoms with Gasteiger partial charge in [0.25, 0.3) is 0 Å². The SMILES string of the molecule is CCNCC(C)C(=O)NCCOC. The summed E-state index contributed by atoms with van der Waals surface area (Å²) in [4.78, 5) is 11.3. The molecule has 0 saturated heterocycles. The van der Waals surface area contributed by atoms with E-state index < -0.39 is 0 Å². The lowest BCUT2D eigenvalue weighted by Gasteiger charge is -2.11. The lowest BCUT2D eigenvalue weighted by atomic mass is 10.1. The van der Waals surface area contributed by atoms with E-state index in [1.165, 1.54) is 0 Å². The van der Waals surface area contributed by atoms with Crippen molar-refractivity contribution >= 4 is 5.91 Å². The van der Waals surface area contributed by atoms with Gasteiger partial charge in [0, 0.05) is 26.1 Å². The Balaban J connectivity index is 3.45. The van der Waals surface area contributed by atoms with Crippen LogP contribution in [0.1, 0.15) is 13.8 Å². The number of hydrogen-bond donors (Lipinski definition) is 2. The van der Waals surface area contributed by atoms with Gasteiger partial charge in [0.05, 0.1) is 6.61 Å². The fourth-order valence-electron chi connectivity index (χ4n) is 0.904. The van der Waals surface area contributed by atoms with Gasteiger partial charge in [-0.3, -0.25) is 4.79 Å². The Kier molecular flexibility index (Phi) is 7.63. The van der Waals surface area contributed by atoms with Crippen molar-refractivity contribution in [3.63, 3.8) is 0 Å². The van der Waals surface area contributed by atoms with Crippen LogP contribution in [0.15, 0.2) is 0 Å². The quantitative estimate of drug-likeness (QED) is 0.553. The Labute approximate surface area is 80.0 Å². The molecule has 13 heavy (non-hydrogen) atoms. The van der Waals surface area contributed by atoms with Crippen molar-refractivity contribution < 1.29 is 9.53 Å². The van der Waals surface area contributed by atoms with E-state index in [9.17, 15) is 4.79 Å². The first-order chi connectivity index (χ1) is 6.22. The fraction of sp³-hybridized carbons (Fsp3) is 0.889. The first kappa shape index (κ1) is 12.4. The molecule has 0 heterocycles. The summed E-state index contributed by atoms with van der Waals surface area (Å²) in [6.45, 7) is 6.72. The maximum Gasteiger partial charge on any atom is 0.224 e. The van der Waals surface area contributed by atoms with E-state index in [-0.39, 0.29) is 11.8 Å². The van der Waals surface area contributed by atoms with Crippen LogP contribution in [0.4, 0.5) is 0 Å². The van der Waals surface area contributed by atoms with Gasteiger partial charge >= 0.3 is 0 Å². The van der Waals surface area contributed by atoms with E-state index in [2.05, 4.69) is 10.6 Å². The lowest BCUT2D eigenvalue weighted by molar-refractivity contribution is -0.124. The number of methoxy groups -OCH3 is 1. The molecule has 1 amide bonds. The number of carbonyl (C=O) groups is 1. The van der Waals surface area contributed by atoms with Crippen LogP contribution >= 0.6 is 0 Å². The van der Waals surface area contributed by atoms with Crippen molar-refractivity contribution in [2.24, 2.45) is 5.92 Å². The van der Waals surface area contributed by atoms with Gasteiger partial charge in [0.2, 0.25) is 5.91 Å². The highest BCUT2D eigenvalue weighted by molar-refractivity contribution is 5.78. The highest BCUT2D eigenvalue weighted by atomic mass is 16.5. The summed E-state index contributed by atoms with van der Waals surface area (Å²) in [5.74, 6) is 0.106. The zero-order chi connectivity index (χ0) is 10.1. The third-order valence-electron chi connectivity index (χ3n) is 1.75. The molecule has 0 aromatic carbocycles. The lowest BCUT2D eigenvalue weighted by Crippen LogP contribution is -2.36. The Hall–Kier alpha value is -0.610. The molecule has 2 N–H and O–H groups in total. The largest absolute Gasteiger partial charge is 0.383 e. The minimum atomic E-state index is 0.0248. The van der Waals surface area contributed by atoms with Gasteiger partial charge in [0.15, 0.2) is 0 Å². The average Bonchev–Trinajstić information content (AvgIpc) is 2.14. The number of carbonyl (C=O) groups excluding carboxylic acids is 1. The topological polar surface area (TPSA) is 50.4 Å². The third-order valence-corrected chi connectivity index (χ3v) is 1.75. The third kappa shape index (κ3) is 6.54. The van der Waals surface area contributed by atoms with E-state index in [4.69, 9.17) is 4.74 Å². The first-order valence-corrected chi connectivity index (χ1v) is 4.69. The van der Waals surface area contributed by atoms with E-state index >= 15 is 0 Å². The molecule has 1 atom stereocenters. The number of ether oxygens (including phenoxy) is 1. The van der Waals surface area contributed by atoms with E-state index in [0.717, 1.165) is 13.1 Å². The summed E-state index contributed by atoms with van der Waals surface area (Å²) in [6, 6.07) is 0. The predicted octanol–water partition coefficient (Wildman–Crippen LogP) is -0.00540. The van der Waals surface area contributed by atoms with Gasteiger partial charge in [-0.15, -0.1) is 0 Å². The predicted molar refractivity (Wildman–Crippen MR) is 52.6 cm³/mol. The highest BCUT2D eigenvalue weighted by Crippen LogP contribution is 1.91. The van der Waals surface area contributed by atoms with Crippen LogP contribution in [0.5, 0.6) is 0 Å². The van der Waals surface area contributed by atoms with Crippen molar-refractivity contribution in [2.45, 2.75) is 13.8 Å². The number of hydrogen-bond acceptors (Lipinski definition) is 3. The van der Waals surface area contributed by atoms with E-state index in [1.54, 1.807) is 7.11 Å². The zero-order valence-corrected chi connectivity index (χ0v) is 8.72. The van der Waals surface area contributed by atoms with E-state index in [1.807, 2.05) is 13.8 Å². The standard InChI is InChI=1S/C9H20N2O2/c1-4-10-7-8(2)9(12)11-5-6-13-3/h8,10H,4-7H2,1-3H3,(H,11,12). The molecule has 4 heteroatoms. The van der Waals surface area contributed by atoms with Gasteiger partial charge in [-0.05, 0) is 6.54 Å². The minimum Gasteiger partial charge on any atom is -0.383 e. The average molecular weight is 188 g/mol. The molecule has 0 bridgehead atoms. The molecule has 78 valence electrons. The van der Waals surface area contributed by atoms with E-state index in [0.29, 0.717) is 13.2 Å². The maximum atomic E-state index is 11.3. The molecule has 1 unspecified atom stereocenters. The van der Waals surface area contributed by atoms with Crippen molar-refractivity contribution in [1.82, 2.24) is 10.6 Å². The zero-order valence-electron chi connectivity index (χ0n) is 8.72. The molecule has 0 radical (unpaired) electrons. The molecule has 4 nitrogen and oxygen atoms in total. The van der Waals surface area contributed by atoms with Crippen LogP contribution in [0.3, 0.4) is 0 Å². The molecular formula is C9H20N2O2. The summed E-state index contributed by atoms with van der Waals surface area (Å²) in [7, 11) is 1.62. The molecule has 0 aliphatic heterocycles. The second-order valence-corrected chi connectivity index (χ2v) is 2.99. The summed E-state index contributed by atoms with van der Waals surface area (Å²) in [5.41, 5.74) is 0. The summed E-state index contributed by atoms with van der Waals surface area (Å²) in [6.07, 6.45) is 0. The molecule has 0 aliphatic carbocycles. The molecule has 0 aromatic rings. The smallest absolute Gasteiger partial charge is 0.224 e. The molecule has 0 aliphatic rings. The minimum absolute atomic E-state index is 0.0248. The van der Waals surface area contributed by atoms with Crippen LogP contribution in [0.2, 0.25) is 0 Å². The van der Waals surface area contributed by atoms with Crippen molar-refractivity contribution in [3.05, 3.63) is 0 Å². The van der Waals surface area contributed by atoms with Crippen LogP contribution in [0.25, 0.3) is 0 Å². The van der Waals surface area contributed by atoms with Gasteiger partial charge in [-0.1, -0.05) is 13.8 Å². The molecule has 0 aromatic heterocycles. The van der Waals surface area contributed by atoms with Crippen LogP contribution < -0.4 is 10.6 Å². The van der Waals surface area contributed by atoms with Gasteiger partial charge in [-0.2, -0.15) is 0 Å².